The first-order valence-electron chi connectivity index (χ1n) is 10.5. The van der Waals surface area contributed by atoms with Gasteiger partial charge >= 0.3 is 0 Å². The van der Waals surface area contributed by atoms with Crippen LogP contribution in [0.2, 0.25) is 0 Å². The monoisotopic (exact) mass is 413 g/mol. The van der Waals surface area contributed by atoms with Crippen LogP contribution in [0.25, 0.3) is 44.4 Å². The van der Waals surface area contributed by atoms with Gasteiger partial charge in [0.25, 0.3) is 5.56 Å². The van der Waals surface area contributed by atoms with Gasteiger partial charge < -0.3 is 4.57 Å². The van der Waals surface area contributed by atoms with Gasteiger partial charge in [-0.3, -0.25) is 14.3 Å². The highest BCUT2D eigenvalue weighted by atomic mass is 16.1. The third-order valence-electron chi connectivity index (χ3n) is 5.81. The number of fused-ring (bicyclic) bond motifs is 3. The Balaban J connectivity index is 1.75. The Kier molecular flexibility index (Phi) is 4.22. The molecule has 6 rings (SSSR count). The van der Waals surface area contributed by atoms with E-state index in [2.05, 4.69) is 33.8 Å². The zero-order valence-corrected chi connectivity index (χ0v) is 17.2. The normalized spacial score (nSPS) is 11.2. The van der Waals surface area contributed by atoms with E-state index >= 15 is 0 Å². The molecular formula is C28H19N3O. The van der Waals surface area contributed by atoms with Crippen LogP contribution in [0.5, 0.6) is 0 Å². The van der Waals surface area contributed by atoms with Gasteiger partial charge in [-0.2, -0.15) is 0 Å². The lowest BCUT2D eigenvalue weighted by atomic mass is 10.1. The van der Waals surface area contributed by atoms with E-state index < -0.39 is 0 Å². The molecule has 3 aromatic heterocycles. The van der Waals surface area contributed by atoms with Crippen molar-refractivity contribution in [1.82, 2.24) is 14.1 Å². The Morgan fingerprint density at radius 1 is 0.656 bits per heavy atom. The fourth-order valence-electron chi connectivity index (χ4n) is 4.36. The van der Waals surface area contributed by atoms with Crippen molar-refractivity contribution in [3.05, 3.63) is 126 Å². The van der Waals surface area contributed by atoms with Crippen LogP contribution >= 0.6 is 0 Å². The van der Waals surface area contributed by atoms with Crippen molar-refractivity contribution < 1.29 is 0 Å². The lowest BCUT2D eigenvalue weighted by molar-refractivity contribution is 0.958. The summed E-state index contributed by atoms with van der Waals surface area (Å²) < 4.78 is 3.78. The fourth-order valence-corrected chi connectivity index (χ4v) is 4.36. The Bertz CT molecular complexity index is 1580. The molecule has 0 aliphatic carbocycles. The standard InChI is InChI=1S/C28H19N3O/c32-28-27(31-25-15-6-4-12-22(25)23-13-5-7-16-26(23)31)18-20(24-14-8-9-17-29-24)19-30(28)21-10-2-1-3-11-21/h1-19H. The Hall–Kier alpha value is -4.44. The van der Waals surface area contributed by atoms with Crippen molar-refractivity contribution in [1.29, 1.82) is 0 Å². The predicted octanol–water partition coefficient (Wildman–Crippen LogP) is 6.00. The summed E-state index contributed by atoms with van der Waals surface area (Å²) in [6, 6.07) is 33.9. The Labute approximate surface area is 184 Å². The molecule has 0 amide bonds. The van der Waals surface area contributed by atoms with Gasteiger partial charge in [-0.1, -0.05) is 60.7 Å². The van der Waals surface area contributed by atoms with Crippen LogP contribution < -0.4 is 5.56 Å². The van der Waals surface area contributed by atoms with Crippen LogP contribution in [-0.2, 0) is 0 Å². The molecule has 0 N–H and O–H groups in total. The molecule has 6 aromatic rings. The average Bonchev–Trinajstić information content (AvgIpc) is 3.20. The molecule has 0 fully saturated rings. The largest absolute Gasteiger partial charge is 0.304 e. The molecule has 3 heterocycles. The molecule has 0 aliphatic rings. The third-order valence-corrected chi connectivity index (χ3v) is 5.81. The molecule has 4 heteroatoms. The van der Waals surface area contributed by atoms with Gasteiger partial charge in [0, 0.05) is 34.4 Å². The minimum absolute atomic E-state index is 0.0811. The summed E-state index contributed by atoms with van der Waals surface area (Å²) in [6.07, 6.45) is 3.64. The summed E-state index contributed by atoms with van der Waals surface area (Å²) in [7, 11) is 0. The Morgan fingerprint density at radius 3 is 1.94 bits per heavy atom. The van der Waals surface area contributed by atoms with Gasteiger partial charge in [-0.15, -0.1) is 0 Å². The molecule has 4 nitrogen and oxygen atoms in total. The highest BCUT2D eigenvalue weighted by molar-refractivity contribution is 6.09. The number of benzene rings is 3. The van der Waals surface area contributed by atoms with Gasteiger partial charge in [0.05, 0.1) is 16.7 Å². The highest BCUT2D eigenvalue weighted by Gasteiger charge is 2.17. The first kappa shape index (κ1) is 18.3. The van der Waals surface area contributed by atoms with Crippen LogP contribution in [0.4, 0.5) is 0 Å². The lowest BCUT2D eigenvalue weighted by Gasteiger charge is -2.14. The van der Waals surface area contributed by atoms with Gasteiger partial charge in [-0.25, -0.2) is 0 Å². The van der Waals surface area contributed by atoms with E-state index in [0.717, 1.165) is 38.8 Å². The minimum atomic E-state index is -0.0811. The van der Waals surface area contributed by atoms with E-state index in [0.29, 0.717) is 5.69 Å². The molecular weight excluding hydrogens is 394 g/mol. The summed E-state index contributed by atoms with van der Waals surface area (Å²) >= 11 is 0. The number of aromatic nitrogens is 3. The summed E-state index contributed by atoms with van der Waals surface area (Å²) in [5.41, 5.74) is 5.03. The van der Waals surface area contributed by atoms with Gasteiger partial charge in [0.1, 0.15) is 5.69 Å². The fraction of sp³-hybridized carbons (Fsp3) is 0. The van der Waals surface area contributed by atoms with Crippen molar-refractivity contribution in [3.8, 4) is 22.6 Å². The Morgan fingerprint density at radius 2 is 1.28 bits per heavy atom. The summed E-state index contributed by atoms with van der Waals surface area (Å²) in [5, 5.41) is 2.24. The van der Waals surface area contributed by atoms with Gasteiger partial charge in [0.2, 0.25) is 0 Å². The zero-order chi connectivity index (χ0) is 21.5. The van der Waals surface area contributed by atoms with Crippen molar-refractivity contribution in [2.24, 2.45) is 0 Å². The molecule has 0 bridgehead atoms. The first-order chi connectivity index (χ1) is 15.8. The molecule has 0 aliphatic heterocycles. The van der Waals surface area contributed by atoms with E-state index in [1.807, 2.05) is 85.1 Å². The van der Waals surface area contributed by atoms with Crippen molar-refractivity contribution >= 4 is 21.8 Å². The van der Waals surface area contributed by atoms with Gasteiger partial charge in [-0.05, 0) is 42.5 Å². The molecule has 32 heavy (non-hydrogen) atoms. The summed E-state index contributed by atoms with van der Waals surface area (Å²) in [4.78, 5) is 18.4. The number of rotatable bonds is 3. The predicted molar refractivity (Wildman–Crippen MR) is 130 cm³/mol. The quantitative estimate of drug-likeness (QED) is 0.357. The lowest BCUT2D eigenvalue weighted by Crippen LogP contribution is -2.23. The second-order valence-electron chi connectivity index (χ2n) is 7.71. The highest BCUT2D eigenvalue weighted by Crippen LogP contribution is 2.32. The average molecular weight is 413 g/mol. The van der Waals surface area contributed by atoms with Crippen molar-refractivity contribution in [2.45, 2.75) is 0 Å². The summed E-state index contributed by atoms with van der Waals surface area (Å²) in [6.45, 7) is 0. The summed E-state index contributed by atoms with van der Waals surface area (Å²) in [5.74, 6) is 0. The van der Waals surface area contributed by atoms with Gasteiger partial charge in [0.15, 0.2) is 0 Å². The van der Waals surface area contributed by atoms with Crippen molar-refractivity contribution in [2.75, 3.05) is 0 Å². The maximum atomic E-state index is 13.9. The topological polar surface area (TPSA) is 39.8 Å². The smallest absolute Gasteiger partial charge is 0.279 e. The molecule has 0 saturated carbocycles. The van der Waals surface area contributed by atoms with E-state index in [-0.39, 0.29) is 5.56 Å². The van der Waals surface area contributed by atoms with E-state index in [4.69, 9.17) is 0 Å². The molecule has 3 aromatic carbocycles. The van der Waals surface area contributed by atoms with E-state index in [1.165, 1.54) is 0 Å². The number of pyridine rings is 2. The van der Waals surface area contributed by atoms with Crippen LogP contribution in [0.1, 0.15) is 0 Å². The molecule has 0 saturated heterocycles. The SMILES string of the molecule is O=c1c(-n2c3ccccc3c3ccccc32)cc(-c2ccccn2)cn1-c1ccccc1. The van der Waals surface area contributed by atoms with Crippen LogP contribution in [0.15, 0.2) is 120 Å². The van der Waals surface area contributed by atoms with Crippen LogP contribution in [0.3, 0.4) is 0 Å². The van der Waals surface area contributed by atoms with Crippen molar-refractivity contribution in [3.63, 3.8) is 0 Å². The molecule has 152 valence electrons. The number of nitrogens with zero attached hydrogens (tertiary/aromatic N) is 3. The van der Waals surface area contributed by atoms with Crippen LogP contribution in [-0.4, -0.2) is 14.1 Å². The number of hydrogen-bond donors (Lipinski definition) is 0. The molecule has 0 spiro atoms. The maximum Gasteiger partial charge on any atom is 0.279 e. The molecule has 0 radical (unpaired) electrons. The molecule has 0 unspecified atom stereocenters. The number of hydrogen-bond acceptors (Lipinski definition) is 2. The first-order valence-corrected chi connectivity index (χ1v) is 10.5. The zero-order valence-electron chi connectivity index (χ0n) is 17.2. The maximum absolute atomic E-state index is 13.9. The van der Waals surface area contributed by atoms with Crippen LogP contribution in [0, 0.1) is 0 Å². The minimum Gasteiger partial charge on any atom is -0.304 e. The van der Waals surface area contributed by atoms with E-state index in [9.17, 15) is 4.79 Å². The number of para-hydroxylation sites is 3. The molecule has 0 atom stereocenters. The third kappa shape index (κ3) is 2.85. The second kappa shape index (κ2) is 7.36. The second-order valence-corrected chi connectivity index (χ2v) is 7.71. The van der Waals surface area contributed by atoms with E-state index in [1.54, 1.807) is 10.8 Å².